The maximum absolute atomic E-state index is 11.2. The molecule has 0 spiro atoms. The summed E-state index contributed by atoms with van der Waals surface area (Å²) in [6.07, 6.45) is -0.264. The summed E-state index contributed by atoms with van der Waals surface area (Å²) in [7, 11) is 0. The Balaban J connectivity index is 2.51. The van der Waals surface area contributed by atoms with Crippen LogP contribution in [0.2, 0.25) is 0 Å². The summed E-state index contributed by atoms with van der Waals surface area (Å²) in [5.74, 6) is -0.0218. The summed E-state index contributed by atoms with van der Waals surface area (Å²) in [5.41, 5.74) is 3.51. The van der Waals surface area contributed by atoms with Crippen LogP contribution in [0.1, 0.15) is 30.9 Å². The van der Waals surface area contributed by atoms with E-state index in [-0.39, 0.29) is 23.3 Å². The van der Waals surface area contributed by atoms with Crippen LogP contribution in [0.5, 0.6) is 11.5 Å². The molecule has 0 bridgehead atoms. The molecule has 0 saturated heterocycles. The van der Waals surface area contributed by atoms with Gasteiger partial charge in [-0.05, 0) is 17.5 Å². The molecule has 0 saturated carbocycles. The SMILES string of the molecule is CC(C)c1cc(C2=NNC(C=O)N2C(CO)CO)c(O)cc1O. The molecule has 126 valence electrons. The monoisotopic (exact) mass is 323 g/mol. The van der Waals surface area contributed by atoms with Gasteiger partial charge in [0.15, 0.2) is 18.3 Å². The minimum Gasteiger partial charge on any atom is -0.508 e. The Bertz CT molecular complexity index is 613. The van der Waals surface area contributed by atoms with Gasteiger partial charge in [0.2, 0.25) is 0 Å². The van der Waals surface area contributed by atoms with Gasteiger partial charge in [-0.1, -0.05) is 13.8 Å². The van der Waals surface area contributed by atoms with Crippen LogP contribution in [0.15, 0.2) is 17.2 Å². The highest BCUT2D eigenvalue weighted by atomic mass is 16.3. The van der Waals surface area contributed by atoms with E-state index in [1.807, 2.05) is 13.8 Å². The number of nitrogens with zero attached hydrogens (tertiary/aromatic N) is 2. The van der Waals surface area contributed by atoms with Gasteiger partial charge in [0.05, 0.1) is 24.8 Å². The number of aliphatic hydroxyl groups is 2. The van der Waals surface area contributed by atoms with E-state index < -0.39 is 25.4 Å². The van der Waals surface area contributed by atoms with Gasteiger partial charge in [0.25, 0.3) is 0 Å². The lowest BCUT2D eigenvalue weighted by molar-refractivity contribution is -0.112. The predicted molar refractivity (Wildman–Crippen MR) is 83.2 cm³/mol. The van der Waals surface area contributed by atoms with Crippen LogP contribution in [0.4, 0.5) is 0 Å². The first-order valence-corrected chi connectivity index (χ1v) is 7.29. The van der Waals surface area contributed by atoms with Crippen molar-refractivity contribution in [3.05, 3.63) is 23.3 Å². The fourth-order valence-electron chi connectivity index (χ4n) is 2.54. The summed E-state index contributed by atoms with van der Waals surface area (Å²) in [5, 5.41) is 43.0. The minimum atomic E-state index is -0.856. The number of carbonyl (C=O) groups excluding carboxylic acids is 1. The van der Waals surface area contributed by atoms with E-state index in [0.717, 1.165) is 0 Å². The summed E-state index contributed by atoms with van der Waals surface area (Å²) in [6, 6.07) is 2.04. The zero-order valence-corrected chi connectivity index (χ0v) is 13.0. The van der Waals surface area contributed by atoms with Crippen LogP contribution in [0.3, 0.4) is 0 Å². The van der Waals surface area contributed by atoms with Gasteiger partial charge in [-0.3, -0.25) is 10.2 Å². The first kappa shape index (κ1) is 17.0. The number of hydrazone groups is 1. The second-order valence-corrected chi connectivity index (χ2v) is 5.65. The van der Waals surface area contributed by atoms with Crippen molar-refractivity contribution in [2.24, 2.45) is 5.10 Å². The molecule has 1 aliphatic rings. The molecule has 1 aromatic rings. The zero-order valence-electron chi connectivity index (χ0n) is 13.0. The lowest BCUT2D eigenvalue weighted by Crippen LogP contribution is -2.51. The summed E-state index contributed by atoms with van der Waals surface area (Å²) in [6.45, 7) is 3.00. The number of nitrogens with one attached hydrogen (secondary N) is 1. The predicted octanol–water partition coefficient (Wildman–Crippen LogP) is -0.334. The molecule has 0 aliphatic carbocycles. The molecule has 0 radical (unpaired) electrons. The minimum absolute atomic E-state index is 0.00566. The number of phenolic OH excluding ortho intramolecular Hbond substituents is 2. The normalized spacial score (nSPS) is 17.6. The number of aromatic hydroxyl groups is 2. The largest absolute Gasteiger partial charge is 0.508 e. The number of phenols is 2. The number of aliphatic hydroxyl groups excluding tert-OH is 2. The van der Waals surface area contributed by atoms with Gasteiger partial charge < -0.3 is 25.3 Å². The summed E-state index contributed by atoms with van der Waals surface area (Å²) in [4.78, 5) is 12.6. The molecule has 1 heterocycles. The van der Waals surface area contributed by atoms with Crippen LogP contribution in [-0.4, -0.2) is 62.9 Å². The summed E-state index contributed by atoms with van der Waals surface area (Å²) >= 11 is 0. The highest BCUT2D eigenvalue weighted by Gasteiger charge is 2.35. The molecule has 1 aromatic carbocycles. The van der Waals surface area contributed by atoms with E-state index in [1.54, 1.807) is 6.07 Å². The van der Waals surface area contributed by atoms with Gasteiger partial charge >= 0.3 is 0 Å². The summed E-state index contributed by atoms with van der Waals surface area (Å²) < 4.78 is 0. The highest BCUT2D eigenvalue weighted by molar-refractivity contribution is 6.03. The van der Waals surface area contributed by atoms with E-state index in [1.165, 1.54) is 11.0 Å². The standard InChI is InChI=1S/C15H21N3O5/c1-8(2)10-3-11(13(23)4-12(10)22)15-17-16-14(7-21)18(15)9(5-19)6-20/h3-4,7-9,14,16,19-20,22-23H,5-6H2,1-2H3. The molecule has 23 heavy (non-hydrogen) atoms. The second kappa shape index (κ2) is 6.84. The number of benzene rings is 1. The van der Waals surface area contributed by atoms with Gasteiger partial charge in [0.1, 0.15) is 11.5 Å². The van der Waals surface area contributed by atoms with Crippen molar-refractivity contribution in [2.45, 2.75) is 32.0 Å². The number of carbonyl (C=O) groups is 1. The van der Waals surface area contributed by atoms with Gasteiger partial charge in [-0.25, -0.2) is 0 Å². The Morgan fingerprint density at radius 1 is 1.26 bits per heavy atom. The van der Waals surface area contributed by atoms with Crippen LogP contribution in [0, 0.1) is 0 Å². The maximum atomic E-state index is 11.2. The Hall–Kier alpha value is -2.32. The molecular formula is C15H21N3O5. The van der Waals surface area contributed by atoms with Crippen molar-refractivity contribution in [3.8, 4) is 11.5 Å². The maximum Gasteiger partial charge on any atom is 0.173 e. The van der Waals surface area contributed by atoms with E-state index in [0.29, 0.717) is 17.4 Å². The Morgan fingerprint density at radius 3 is 2.43 bits per heavy atom. The molecule has 0 fully saturated rings. The quantitative estimate of drug-likeness (QED) is 0.454. The number of hydrogen-bond donors (Lipinski definition) is 5. The zero-order chi connectivity index (χ0) is 17.1. The molecule has 1 unspecified atom stereocenters. The smallest absolute Gasteiger partial charge is 0.173 e. The van der Waals surface area contributed by atoms with E-state index >= 15 is 0 Å². The first-order chi connectivity index (χ1) is 10.9. The van der Waals surface area contributed by atoms with Gasteiger partial charge in [0, 0.05) is 6.07 Å². The second-order valence-electron chi connectivity index (χ2n) is 5.65. The lowest BCUT2D eigenvalue weighted by Gasteiger charge is -2.30. The van der Waals surface area contributed by atoms with Crippen LogP contribution in [0.25, 0.3) is 0 Å². The van der Waals surface area contributed by atoms with E-state index in [2.05, 4.69) is 10.5 Å². The Kier molecular flexibility index (Phi) is 5.07. The van der Waals surface area contributed by atoms with Crippen LogP contribution >= 0.6 is 0 Å². The van der Waals surface area contributed by atoms with Crippen molar-refractivity contribution < 1.29 is 25.2 Å². The molecule has 8 heteroatoms. The number of hydrogen-bond acceptors (Lipinski definition) is 8. The van der Waals surface area contributed by atoms with Crippen molar-refractivity contribution >= 4 is 12.1 Å². The topological polar surface area (TPSA) is 126 Å². The fourth-order valence-corrected chi connectivity index (χ4v) is 2.54. The van der Waals surface area contributed by atoms with Gasteiger partial charge in [-0.2, -0.15) is 5.10 Å². The van der Waals surface area contributed by atoms with Crippen LogP contribution < -0.4 is 5.43 Å². The first-order valence-electron chi connectivity index (χ1n) is 7.29. The third-order valence-corrected chi connectivity index (χ3v) is 3.80. The molecule has 0 aromatic heterocycles. The average molecular weight is 323 g/mol. The lowest BCUT2D eigenvalue weighted by atomic mass is 9.98. The van der Waals surface area contributed by atoms with Crippen molar-refractivity contribution in [1.29, 1.82) is 0 Å². The van der Waals surface area contributed by atoms with Crippen molar-refractivity contribution in [1.82, 2.24) is 10.3 Å². The molecule has 1 aliphatic heterocycles. The molecular weight excluding hydrogens is 302 g/mol. The number of rotatable bonds is 6. The Labute approximate surface area is 133 Å². The number of amidine groups is 1. The van der Waals surface area contributed by atoms with Crippen molar-refractivity contribution in [2.75, 3.05) is 13.2 Å². The molecule has 5 N–H and O–H groups in total. The third-order valence-electron chi connectivity index (χ3n) is 3.80. The van der Waals surface area contributed by atoms with E-state index in [4.69, 9.17) is 0 Å². The molecule has 2 rings (SSSR count). The third kappa shape index (κ3) is 3.08. The van der Waals surface area contributed by atoms with Crippen LogP contribution in [-0.2, 0) is 4.79 Å². The van der Waals surface area contributed by atoms with Gasteiger partial charge in [-0.15, -0.1) is 0 Å². The van der Waals surface area contributed by atoms with E-state index in [9.17, 15) is 25.2 Å². The average Bonchev–Trinajstić information content (AvgIpc) is 2.92. The molecule has 8 nitrogen and oxygen atoms in total. The molecule has 1 atom stereocenters. The number of aldehydes is 1. The Morgan fingerprint density at radius 2 is 1.91 bits per heavy atom. The van der Waals surface area contributed by atoms with Crippen molar-refractivity contribution in [3.63, 3.8) is 0 Å². The highest BCUT2D eigenvalue weighted by Crippen LogP contribution is 2.34. The molecule has 0 amide bonds. The fraction of sp³-hybridized carbons (Fsp3) is 0.467.